The topological polar surface area (TPSA) is 77.3 Å². The second-order valence-corrected chi connectivity index (χ2v) is 4.29. The molecule has 0 aliphatic rings. The number of anilines is 1. The zero-order valence-corrected chi connectivity index (χ0v) is 11.7. The van der Waals surface area contributed by atoms with Crippen molar-refractivity contribution in [3.05, 3.63) is 60.7 Å². The zero-order valence-electron chi connectivity index (χ0n) is 10.9. The van der Waals surface area contributed by atoms with Gasteiger partial charge in [0, 0.05) is 0 Å². The van der Waals surface area contributed by atoms with E-state index in [0.29, 0.717) is 11.4 Å². The molecule has 0 radical (unpaired) electrons. The molecule has 0 saturated carbocycles. The van der Waals surface area contributed by atoms with Crippen LogP contribution in [0.3, 0.4) is 0 Å². The van der Waals surface area contributed by atoms with E-state index < -0.39 is 6.09 Å². The summed E-state index contributed by atoms with van der Waals surface area (Å²) in [5.41, 5.74) is 3.57. The zero-order chi connectivity index (χ0) is 15.1. The minimum absolute atomic E-state index is 0.0508. The van der Waals surface area contributed by atoms with Crippen LogP contribution in [0.2, 0.25) is 0 Å². The first-order valence-corrected chi connectivity index (χ1v) is 6.43. The monoisotopic (exact) mass is 300 g/mol. The van der Waals surface area contributed by atoms with Gasteiger partial charge < -0.3 is 5.11 Å². The number of para-hydroxylation sites is 1. The first kappa shape index (κ1) is 14.6. The molecule has 2 aromatic carbocycles. The fraction of sp³-hybridized carbons (Fsp3) is 0. The molecule has 0 aromatic heterocycles. The lowest BCUT2D eigenvalue weighted by atomic mass is 10.3. The minimum atomic E-state index is -1.20. The van der Waals surface area contributed by atoms with E-state index in [9.17, 15) is 9.90 Å². The van der Waals surface area contributed by atoms with Crippen molar-refractivity contribution in [2.45, 2.75) is 0 Å². The van der Waals surface area contributed by atoms with Crippen LogP contribution in [0.25, 0.3) is 0 Å². The normalized spacial score (nSPS) is 10.3. The van der Waals surface area contributed by atoms with E-state index in [1.54, 1.807) is 42.5 Å². The number of azo groups is 1. The molecule has 0 saturated heterocycles. The molecule has 0 aliphatic carbocycles. The molecule has 1 amide bonds. The summed E-state index contributed by atoms with van der Waals surface area (Å²) < 4.78 is 0. The quantitative estimate of drug-likeness (QED) is 0.503. The Bertz CT molecular complexity index is 647. The first-order valence-electron chi connectivity index (χ1n) is 6.02. The predicted octanol–water partition coefficient (Wildman–Crippen LogP) is 3.74. The highest BCUT2D eigenvalue weighted by Crippen LogP contribution is 2.12. The van der Waals surface area contributed by atoms with E-state index in [-0.39, 0.29) is 5.11 Å². The van der Waals surface area contributed by atoms with Crippen LogP contribution >= 0.6 is 12.2 Å². The van der Waals surface area contributed by atoms with Crippen molar-refractivity contribution in [1.29, 1.82) is 0 Å². The van der Waals surface area contributed by atoms with E-state index >= 15 is 0 Å². The molecule has 0 spiro atoms. The third kappa shape index (κ3) is 4.36. The smallest absolute Gasteiger partial charge is 0.431 e. The predicted molar refractivity (Wildman–Crippen MR) is 83.6 cm³/mol. The molecule has 2 N–H and O–H groups in total. The first-order chi connectivity index (χ1) is 10.2. The lowest BCUT2D eigenvalue weighted by molar-refractivity contribution is 0.200. The van der Waals surface area contributed by atoms with E-state index in [1.807, 2.05) is 18.2 Å². The molecule has 7 heteroatoms. The van der Waals surface area contributed by atoms with Crippen LogP contribution in [0.15, 0.2) is 70.9 Å². The maximum Gasteiger partial charge on any atom is 0.431 e. The Morgan fingerprint density at radius 1 is 1.05 bits per heavy atom. The molecule has 0 atom stereocenters. The molecular formula is C14H12N4O2S. The fourth-order valence-electron chi connectivity index (χ4n) is 1.52. The Labute approximate surface area is 126 Å². The number of nitrogens with one attached hydrogen (secondary N) is 1. The van der Waals surface area contributed by atoms with Crippen LogP contribution in [-0.4, -0.2) is 16.3 Å². The summed E-state index contributed by atoms with van der Waals surface area (Å²) >= 11 is 4.97. The number of hydrogen-bond donors (Lipinski definition) is 2. The molecule has 106 valence electrons. The van der Waals surface area contributed by atoms with Crippen molar-refractivity contribution in [3.63, 3.8) is 0 Å². The average molecular weight is 300 g/mol. The van der Waals surface area contributed by atoms with Gasteiger partial charge in [0.2, 0.25) is 5.11 Å². The van der Waals surface area contributed by atoms with Crippen LogP contribution in [0.5, 0.6) is 0 Å². The van der Waals surface area contributed by atoms with Crippen LogP contribution in [0, 0.1) is 0 Å². The minimum Gasteiger partial charge on any atom is -0.463 e. The third-order valence-corrected chi connectivity index (χ3v) is 2.60. The molecule has 0 heterocycles. The highest BCUT2D eigenvalue weighted by Gasteiger charge is 2.14. The van der Waals surface area contributed by atoms with Gasteiger partial charge in [0.25, 0.3) is 0 Å². The molecule has 0 fully saturated rings. The molecule has 2 rings (SSSR count). The van der Waals surface area contributed by atoms with E-state index in [2.05, 4.69) is 15.7 Å². The SMILES string of the molecule is O=C(O)N(NC(=S)N=Nc1ccccc1)c1ccccc1. The molecule has 0 bridgehead atoms. The van der Waals surface area contributed by atoms with Crippen molar-refractivity contribution < 1.29 is 9.90 Å². The number of amides is 1. The summed E-state index contributed by atoms with van der Waals surface area (Å²) in [5, 5.41) is 17.7. The highest BCUT2D eigenvalue weighted by atomic mass is 32.1. The van der Waals surface area contributed by atoms with Gasteiger partial charge in [0.1, 0.15) is 0 Å². The van der Waals surface area contributed by atoms with Crippen LogP contribution in [-0.2, 0) is 0 Å². The maximum atomic E-state index is 11.2. The average Bonchev–Trinajstić information content (AvgIpc) is 2.52. The van der Waals surface area contributed by atoms with Crippen molar-refractivity contribution in [2.24, 2.45) is 10.2 Å². The van der Waals surface area contributed by atoms with Gasteiger partial charge in [0.15, 0.2) is 0 Å². The molecule has 0 unspecified atom stereocenters. The number of benzene rings is 2. The van der Waals surface area contributed by atoms with Crippen LogP contribution < -0.4 is 10.4 Å². The van der Waals surface area contributed by atoms with Crippen LogP contribution in [0.4, 0.5) is 16.2 Å². The Hall–Kier alpha value is -2.80. The van der Waals surface area contributed by atoms with Crippen molar-refractivity contribution in [3.8, 4) is 0 Å². The largest absolute Gasteiger partial charge is 0.463 e. The third-order valence-electron chi connectivity index (χ3n) is 2.43. The van der Waals surface area contributed by atoms with Gasteiger partial charge in [0.05, 0.1) is 11.4 Å². The summed E-state index contributed by atoms with van der Waals surface area (Å²) in [5.74, 6) is 0. The molecule has 2 aromatic rings. The van der Waals surface area contributed by atoms with Gasteiger partial charge in [-0.3, -0.25) is 5.43 Å². The van der Waals surface area contributed by atoms with E-state index in [1.165, 1.54) is 0 Å². The number of hydrazine groups is 1. The van der Waals surface area contributed by atoms with Gasteiger partial charge in [-0.05, 0) is 36.5 Å². The Balaban J connectivity index is 2.06. The van der Waals surface area contributed by atoms with E-state index in [0.717, 1.165) is 5.01 Å². The Morgan fingerprint density at radius 3 is 2.19 bits per heavy atom. The fourth-order valence-corrected chi connectivity index (χ4v) is 1.65. The lowest BCUT2D eigenvalue weighted by Gasteiger charge is -2.19. The van der Waals surface area contributed by atoms with Gasteiger partial charge in [-0.15, -0.1) is 10.2 Å². The summed E-state index contributed by atoms with van der Waals surface area (Å²) in [6, 6.07) is 17.5. The standard InChI is InChI=1S/C14H12N4O2S/c19-14(20)18(12-9-5-2-6-10-12)17-13(21)16-15-11-7-3-1-4-8-11/h1-10H,(H,17,21)(H,19,20). The summed E-state index contributed by atoms with van der Waals surface area (Å²) in [7, 11) is 0. The summed E-state index contributed by atoms with van der Waals surface area (Å²) in [6.45, 7) is 0. The second-order valence-electron chi connectivity index (χ2n) is 3.91. The Kier molecular flexibility index (Phi) is 4.94. The number of carboxylic acid groups (broad SMARTS) is 1. The Morgan fingerprint density at radius 2 is 1.62 bits per heavy atom. The second kappa shape index (κ2) is 7.11. The molecular weight excluding hydrogens is 288 g/mol. The van der Waals surface area contributed by atoms with Crippen molar-refractivity contribution in [2.75, 3.05) is 5.01 Å². The van der Waals surface area contributed by atoms with Gasteiger partial charge >= 0.3 is 6.09 Å². The number of rotatable bonds is 2. The molecule has 0 aliphatic heterocycles. The van der Waals surface area contributed by atoms with Gasteiger partial charge in [-0.2, -0.15) is 5.01 Å². The number of nitrogens with zero attached hydrogens (tertiary/aromatic N) is 3. The number of hydrogen-bond acceptors (Lipinski definition) is 3. The van der Waals surface area contributed by atoms with Crippen LogP contribution in [0.1, 0.15) is 0 Å². The summed E-state index contributed by atoms with van der Waals surface area (Å²) in [6.07, 6.45) is -1.20. The maximum absolute atomic E-state index is 11.2. The lowest BCUT2D eigenvalue weighted by Crippen LogP contribution is -2.44. The number of carbonyl (C=O) groups is 1. The molecule has 6 nitrogen and oxygen atoms in total. The highest BCUT2D eigenvalue weighted by molar-refractivity contribution is 7.80. The van der Waals surface area contributed by atoms with Gasteiger partial charge in [-0.1, -0.05) is 36.4 Å². The van der Waals surface area contributed by atoms with Gasteiger partial charge in [-0.25, -0.2) is 4.79 Å². The number of thiocarbonyl (C=S) groups is 1. The molecule has 21 heavy (non-hydrogen) atoms. The summed E-state index contributed by atoms with van der Waals surface area (Å²) in [4.78, 5) is 11.2. The van der Waals surface area contributed by atoms with Crippen molar-refractivity contribution >= 4 is 34.8 Å². The van der Waals surface area contributed by atoms with E-state index in [4.69, 9.17) is 12.2 Å². The van der Waals surface area contributed by atoms with Crippen molar-refractivity contribution in [1.82, 2.24) is 5.43 Å².